The van der Waals surface area contributed by atoms with E-state index in [2.05, 4.69) is 41.0 Å². The van der Waals surface area contributed by atoms with Crippen molar-refractivity contribution in [3.05, 3.63) is 82.6 Å². The van der Waals surface area contributed by atoms with E-state index in [0.29, 0.717) is 6.42 Å². The number of carbonyl (C=O) groups excluding carboxylic acids is 1. The van der Waals surface area contributed by atoms with Gasteiger partial charge in [-0.1, -0.05) is 48.5 Å². The van der Waals surface area contributed by atoms with Gasteiger partial charge in [-0.15, -0.1) is 11.3 Å². The van der Waals surface area contributed by atoms with E-state index in [4.69, 9.17) is 4.99 Å². The standard InChI is InChI=1S/C23H20N2OS/c26-20-14-16(15-7-2-1-3-8-15)13-19-22(20)23(21-11-6-12-27-21)25-18-10-5-4-9-17(18)24-19/h1-12,16,22-23,25H,13-14H2/t16-,22?,23-/m0/s1. The number of aliphatic imine (C=N–C) groups is 1. The minimum Gasteiger partial charge on any atom is -0.375 e. The fourth-order valence-electron chi connectivity index (χ4n) is 4.26. The molecule has 3 nitrogen and oxygen atoms in total. The number of carbonyl (C=O) groups is 1. The van der Waals surface area contributed by atoms with Crippen molar-refractivity contribution in [1.29, 1.82) is 0 Å². The molecule has 2 aliphatic rings. The van der Waals surface area contributed by atoms with E-state index in [1.165, 1.54) is 10.4 Å². The van der Waals surface area contributed by atoms with Crippen LogP contribution in [0.2, 0.25) is 0 Å². The Morgan fingerprint density at radius 2 is 1.74 bits per heavy atom. The summed E-state index contributed by atoms with van der Waals surface area (Å²) in [7, 11) is 0. The Kier molecular flexibility index (Phi) is 4.13. The van der Waals surface area contributed by atoms with E-state index < -0.39 is 0 Å². The lowest BCUT2D eigenvalue weighted by atomic mass is 9.73. The average Bonchev–Trinajstić information content (AvgIpc) is 3.17. The molecule has 5 rings (SSSR count). The average molecular weight is 372 g/mol. The van der Waals surface area contributed by atoms with Gasteiger partial charge in [-0.3, -0.25) is 9.79 Å². The third-order valence-electron chi connectivity index (χ3n) is 5.54. The first kappa shape index (κ1) is 16.5. The van der Waals surface area contributed by atoms with Crippen LogP contribution in [0, 0.1) is 5.92 Å². The van der Waals surface area contributed by atoms with E-state index in [1.807, 2.05) is 36.4 Å². The van der Waals surface area contributed by atoms with Gasteiger partial charge in [0.1, 0.15) is 5.78 Å². The van der Waals surface area contributed by atoms with E-state index in [-0.39, 0.29) is 23.7 Å². The largest absolute Gasteiger partial charge is 0.375 e. The van der Waals surface area contributed by atoms with E-state index in [9.17, 15) is 4.79 Å². The van der Waals surface area contributed by atoms with Crippen LogP contribution >= 0.6 is 11.3 Å². The van der Waals surface area contributed by atoms with Crippen LogP contribution in [0.5, 0.6) is 0 Å². The van der Waals surface area contributed by atoms with Crippen LogP contribution in [0.3, 0.4) is 0 Å². The minimum atomic E-state index is -0.198. The Labute approximate surface area is 162 Å². The number of Topliss-reactive ketones (excluding diaryl/α,β-unsaturated/α-hetero) is 1. The third kappa shape index (κ3) is 3.00. The van der Waals surface area contributed by atoms with Gasteiger partial charge in [0.2, 0.25) is 0 Å². The van der Waals surface area contributed by atoms with E-state index in [0.717, 1.165) is 23.5 Å². The summed E-state index contributed by atoms with van der Waals surface area (Å²) in [4.78, 5) is 19.5. The number of fused-ring (bicyclic) bond motifs is 2. The predicted molar refractivity (Wildman–Crippen MR) is 111 cm³/mol. The number of benzene rings is 2. The number of ketones is 1. The second kappa shape index (κ2) is 6.78. The molecule has 0 radical (unpaired) electrons. The third-order valence-corrected chi connectivity index (χ3v) is 6.50. The molecule has 1 aliphatic heterocycles. The zero-order valence-corrected chi connectivity index (χ0v) is 15.7. The van der Waals surface area contributed by atoms with Gasteiger partial charge in [0.25, 0.3) is 0 Å². The molecule has 1 N–H and O–H groups in total. The van der Waals surface area contributed by atoms with E-state index in [1.54, 1.807) is 11.3 Å². The molecule has 134 valence electrons. The van der Waals surface area contributed by atoms with Crippen molar-refractivity contribution in [3.8, 4) is 0 Å². The Morgan fingerprint density at radius 1 is 0.926 bits per heavy atom. The summed E-state index contributed by atoms with van der Waals surface area (Å²) >= 11 is 1.70. The first-order valence-electron chi connectivity index (χ1n) is 9.33. The van der Waals surface area contributed by atoms with Gasteiger partial charge in [-0.05, 0) is 41.5 Å². The zero-order valence-electron chi connectivity index (χ0n) is 14.8. The summed E-state index contributed by atoms with van der Waals surface area (Å²) in [6.07, 6.45) is 1.41. The monoisotopic (exact) mass is 372 g/mol. The molecular formula is C23H20N2OS. The van der Waals surface area contributed by atoms with Gasteiger partial charge in [0, 0.05) is 17.0 Å². The molecule has 4 heteroatoms. The molecule has 3 aromatic rings. The van der Waals surface area contributed by atoms with Gasteiger partial charge >= 0.3 is 0 Å². The maximum atomic E-state index is 13.3. The molecule has 1 saturated carbocycles. The number of thiophene rings is 1. The number of nitrogens with zero attached hydrogens (tertiary/aromatic N) is 1. The Hall–Kier alpha value is -2.72. The SMILES string of the molecule is O=C1C[C@@H](c2ccccc2)CC2=Nc3ccccc3N[C@@H](c3cccs3)C12. The van der Waals surface area contributed by atoms with Crippen molar-refractivity contribution >= 4 is 34.2 Å². The molecule has 1 fully saturated rings. The maximum Gasteiger partial charge on any atom is 0.144 e. The highest BCUT2D eigenvalue weighted by atomic mass is 32.1. The second-order valence-corrected chi connectivity index (χ2v) is 8.20. The zero-order chi connectivity index (χ0) is 18.2. The van der Waals surface area contributed by atoms with Crippen molar-refractivity contribution in [2.24, 2.45) is 10.9 Å². The smallest absolute Gasteiger partial charge is 0.144 e. The van der Waals surface area contributed by atoms with Gasteiger partial charge in [-0.25, -0.2) is 0 Å². The van der Waals surface area contributed by atoms with Gasteiger partial charge in [0.05, 0.1) is 23.3 Å². The quantitative estimate of drug-likeness (QED) is 0.622. The lowest BCUT2D eigenvalue weighted by molar-refractivity contribution is -0.122. The molecule has 2 aromatic carbocycles. The fraction of sp³-hybridized carbons (Fsp3) is 0.217. The molecule has 1 aliphatic carbocycles. The molecule has 27 heavy (non-hydrogen) atoms. The summed E-state index contributed by atoms with van der Waals surface area (Å²) in [6, 6.07) is 22.6. The molecule has 0 amide bonds. The second-order valence-electron chi connectivity index (χ2n) is 7.22. The highest BCUT2D eigenvalue weighted by Gasteiger charge is 2.41. The number of hydrogen-bond donors (Lipinski definition) is 1. The first-order chi connectivity index (χ1) is 13.3. The fourth-order valence-corrected chi connectivity index (χ4v) is 5.08. The van der Waals surface area contributed by atoms with Crippen LogP contribution in [0.15, 0.2) is 77.1 Å². The van der Waals surface area contributed by atoms with Crippen LogP contribution in [0.1, 0.15) is 35.2 Å². The Bertz CT molecular complexity index is 994. The Balaban J connectivity index is 1.60. The summed E-state index contributed by atoms with van der Waals surface area (Å²) in [5.74, 6) is 0.298. The normalized spacial score (nSPS) is 24.2. The molecule has 3 atom stereocenters. The number of para-hydroxylation sites is 2. The van der Waals surface area contributed by atoms with Crippen molar-refractivity contribution in [1.82, 2.24) is 0 Å². The highest BCUT2D eigenvalue weighted by molar-refractivity contribution is 7.10. The van der Waals surface area contributed by atoms with Crippen LogP contribution in [0.4, 0.5) is 11.4 Å². The lowest BCUT2D eigenvalue weighted by Crippen LogP contribution is -2.38. The summed E-state index contributed by atoms with van der Waals surface area (Å²) < 4.78 is 0. The molecule has 0 saturated heterocycles. The molecule has 1 unspecified atom stereocenters. The van der Waals surface area contributed by atoms with Gasteiger partial charge < -0.3 is 5.32 Å². The van der Waals surface area contributed by atoms with Crippen LogP contribution < -0.4 is 5.32 Å². The first-order valence-corrected chi connectivity index (χ1v) is 10.2. The highest BCUT2D eigenvalue weighted by Crippen LogP contribution is 2.44. The van der Waals surface area contributed by atoms with Gasteiger partial charge in [-0.2, -0.15) is 0 Å². The molecule has 0 bridgehead atoms. The van der Waals surface area contributed by atoms with Crippen molar-refractivity contribution < 1.29 is 4.79 Å². The number of rotatable bonds is 2. The van der Waals surface area contributed by atoms with Crippen LogP contribution in [-0.4, -0.2) is 11.5 Å². The summed E-state index contributed by atoms with van der Waals surface area (Å²) in [6.45, 7) is 0. The molecule has 1 aromatic heterocycles. The van der Waals surface area contributed by atoms with Crippen LogP contribution in [-0.2, 0) is 4.79 Å². The predicted octanol–water partition coefficient (Wildman–Crippen LogP) is 5.75. The minimum absolute atomic E-state index is 0.0448. The van der Waals surface area contributed by atoms with E-state index >= 15 is 0 Å². The molecule has 2 heterocycles. The van der Waals surface area contributed by atoms with Crippen molar-refractivity contribution in [2.45, 2.75) is 24.8 Å². The number of hydrogen-bond acceptors (Lipinski definition) is 4. The van der Waals surface area contributed by atoms with Crippen LogP contribution in [0.25, 0.3) is 0 Å². The maximum absolute atomic E-state index is 13.3. The van der Waals surface area contributed by atoms with Gasteiger partial charge in [0.15, 0.2) is 0 Å². The molecular weight excluding hydrogens is 352 g/mol. The van der Waals surface area contributed by atoms with Crippen molar-refractivity contribution in [3.63, 3.8) is 0 Å². The molecule has 0 spiro atoms. The topological polar surface area (TPSA) is 41.5 Å². The number of nitrogens with one attached hydrogen (secondary N) is 1. The Morgan fingerprint density at radius 3 is 2.56 bits per heavy atom. The summed E-state index contributed by atoms with van der Waals surface area (Å²) in [5, 5.41) is 5.70. The summed E-state index contributed by atoms with van der Waals surface area (Å²) in [5.41, 5.74) is 4.17. The number of anilines is 1. The van der Waals surface area contributed by atoms with Crippen molar-refractivity contribution in [2.75, 3.05) is 5.32 Å². The lowest BCUT2D eigenvalue weighted by Gasteiger charge is -2.33.